The minimum atomic E-state index is 0.210. The Bertz CT molecular complexity index is 314. The Morgan fingerprint density at radius 3 is 2.53 bits per heavy atom. The molecule has 0 aromatic carbocycles. The molecule has 0 aromatic rings. The Kier molecular flexibility index (Phi) is 4.48. The van der Waals surface area contributed by atoms with E-state index in [1.165, 1.54) is 57.7 Å². The van der Waals surface area contributed by atoms with Gasteiger partial charge in [-0.15, -0.1) is 11.6 Å². The predicted molar refractivity (Wildman–Crippen MR) is 78.5 cm³/mol. The Labute approximate surface area is 121 Å². The monoisotopic (exact) mass is 283 g/mol. The second-order valence-electron chi connectivity index (χ2n) is 6.87. The average molecular weight is 284 g/mol. The van der Waals surface area contributed by atoms with E-state index in [4.69, 9.17) is 11.6 Å². The van der Waals surface area contributed by atoms with E-state index in [1.807, 2.05) is 0 Å². The maximum atomic E-state index is 11.4. The number of alkyl halides is 1. The van der Waals surface area contributed by atoms with E-state index in [0.29, 0.717) is 11.4 Å². The van der Waals surface area contributed by atoms with E-state index >= 15 is 0 Å². The minimum Gasteiger partial charge on any atom is -0.302 e. The number of fused-ring (bicyclic) bond motifs is 1. The third kappa shape index (κ3) is 3.00. The van der Waals surface area contributed by atoms with Gasteiger partial charge in [0.1, 0.15) is 6.29 Å². The molecule has 108 valence electrons. The van der Waals surface area contributed by atoms with Crippen molar-refractivity contribution in [1.29, 1.82) is 0 Å². The fraction of sp³-hybridized carbons (Fsp3) is 0.938. The van der Waals surface area contributed by atoms with Gasteiger partial charge in [0, 0.05) is 18.0 Å². The van der Waals surface area contributed by atoms with Gasteiger partial charge in [0.25, 0.3) is 0 Å². The van der Waals surface area contributed by atoms with Crippen LogP contribution in [0.15, 0.2) is 0 Å². The summed E-state index contributed by atoms with van der Waals surface area (Å²) in [6.07, 6.45) is 12.6. The summed E-state index contributed by atoms with van der Waals surface area (Å²) in [4.78, 5) is 14.0. The molecule has 3 aliphatic rings. The number of carbonyl (C=O) groups is 1. The van der Waals surface area contributed by atoms with Gasteiger partial charge in [0.05, 0.1) is 6.04 Å². The highest BCUT2D eigenvalue weighted by Crippen LogP contribution is 2.40. The molecule has 0 N–H and O–H groups in total. The van der Waals surface area contributed by atoms with Crippen LogP contribution in [0.2, 0.25) is 0 Å². The third-order valence-electron chi connectivity index (χ3n) is 5.67. The molecule has 3 heteroatoms. The van der Waals surface area contributed by atoms with Crippen molar-refractivity contribution in [3.8, 4) is 0 Å². The number of carbonyl (C=O) groups excluding carboxylic acids is 1. The standard InChI is InChI=1S/C16H26ClNO/c17-14-7-5-12(6-8-14)10-18-15(11-19)9-13-3-1-2-4-16(13)18/h11-16H,1-10H2. The van der Waals surface area contributed by atoms with Crippen molar-refractivity contribution in [3.05, 3.63) is 0 Å². The summed E-state index contributed by atoms with van der Waals surface area (Å²) < 4.78 is 0. The highest BCUT2D eigenvalue weighted by molar-refractivity contribution is 6.20. The van der Waals surface area contributed by atoms with Crippen LogP contribution in [0.5, 0.6) is 0 Å². The van der Waals surface area contributed by atoms with Crippen molar-refractivity contribution in [2.45, 2.75) is 75.2 Å². The van der Waals surface area contributed by atoms with E-state index in [1.54, 1.807) is 0 Å². The van der Waals surface area contributed by atoms with Crippen LogP contribution in [0.25, 0.3) is 0 Å². The van der Waals surface area contributed by atoms with Crippen molar-refractivity contribution in [1.82, 2.24) is 4.90 Å². The number of likely N-dealkylation sites (tertiary alicyclic amines) is 1. The lowest BCUT2D eigenvalue weighted by Crippen LogP contribution is -2.43. The van der Waals surface area contributed by atoms with Gasteiger partial charge in [-0.3, -0.25) is 4.90 Å². The van der Waals surface area contributed by atoms with Crippen LogP contribution in [-0.4, -0.2) is 35.2 Å². The molecule has 3 rings (SSSR count). The van der Waals surface area contributed by atoms with Gasteiger partial charge < -0.3 is 4.79 Å². The van der Waals surface area contributed by atoms with Crippen LogP contribution < -0.4 is 0 Å². The average Bonchev–Trinajstić information content (AvgIpc) is 2.79. The Hall–Kier alpha value is -0.0800. The van der Waals surface area contributed by atoms with Crippen LogP contribution in [0.1, 0.15) is 57.8 Å². The van der Waals surface area contributed by atoms with Crippen LogP contribution >= 0.6 is 11.6 Å². The summed E-state index contributed by atoms with van der Waals surface area (Å²) >= 11 is 6.20. The molecule has 0 spiro atoms. The van der Waals surface area contributed by atoms with Gasteiger partial charge in [-0.25, -0.2) is 0 Å². The zero-order valence-electron chi connectivity index (χ0n) is 11.8. The second-order valence-corrected chi connectivity index (χ2v) is 7.48. The number of halogens is 1. The fourth-order valence-electron chi connectivity index (χ4n) is 4.60. The molecule has 2 saturated carbocycles. The Morgan fingerprint density at radius 1 is 1.05 bits per heavy atom. The molecule has 0 aromatic heterocycles. The van der Waals surface area contributed by atoms with Crippen molar-refractivity contribution < 1.29 is 4.79 Å². The summed E-state index contributed by atoms with van der Waals surface area (Å²) in [5.41, 5.74) is 0. The molecule has 0 amide bonds. The fourth-order valence-corrected chi connectivity index (χ4v) is 4.85. The van der Waals surface area contributed by atoms with E-state index in [0.717, 1.165) is 24.8 Å². The highest BCUT2D eigenvalue weighted by Gasteiger charge is 2.42. The maximum Gasteiger partial charge on any atom is 0.137 e. The molecular formula is C16H26ClNO. The molecule has 3 fully saturated rings. The summed E-state index contributed by atoms with van der Waals surface area (Å²) in [6, 6.07) is 0.916. The molecule has 1 aliphatic heterocycles. The van der Waals surface area contributed by atoms with E-state index in [-0.39, 0.29) is 6.04 Å². The summed E-state index contributed by atoms with van der Waals surface area (Å²) in [5.74, 6) is 1.58. The van der Waals surface area contributed by atoms with Crippen molar-refractivity contribution in [2.75, 3.05) is 6.54 Å². The summed E-state index contributed by atoms with van der Waals surface area (Å²) in [6.45, 7) is 1.15. The van der Waals surface area contributed by atoms with E-state index in [9.17, 15) is 4.79 Å². The summed E-state index contributed by atoms with van der Waals surface area (Å²) in [7, 11) is 0. The molecule has 0 bridgehead atoms. The molecule has 19 heavy (non-hydrogen) atoms. The zero-order valence-corrected chi connectivity index (χ0v) is 12.5. The molecule has 3 atom stereocenters. The first-order chi connectivity index (χ1) is 9.28. The van der Waals surface area contributed by atoms with Gasteiger partial charge >= 0.3 is 0 Å². The van der Waals surface area contributed by atoms with Crippen molar-refractivity contribution in [3.63, 3.8) is 0 Å². The SMILES string of the molecule is O=CC1CC2CCCCC2N1CC1CCC(Cl)CC1. The smallest absolute Gasteiger partial charge is 0.137 e. The Balaban J connectivity index is 1.62. The lowest BCUT2D eigenvalue weighted by molar-refractivity contribution is -0.112. The van der Waals surface area contributed by atoms with Gasteiger partial charge in [0.15, 0.2) is 0 Å². The second kappa shape index (κ2) is 6.13. The quantitative estimate of drug-likeness (QED) is 0.582. The van der Waals surface area contributed by atoms with Crippen LogP contribution in [0.3, 0.4) is 0 Å². The van der Waals surface area contributed by atoms with Crippen LogP contribution in [-0.2, 0) is 4.79 Å². The normalized spacial score (nSPS) is 43.9. The lowest BCUT2D eigenvalue weighted by atomic mass is 9.84. The largest absolute Gasteiger partial charge is 0.302 e. The molecular weight excluding hydrogens is 258 g/mol. The van der Waals surface area contributed by atoms with Gasteiger partial charge in [-0.1, -0.05) is 12.8 Å². The van der Waals surface area contributed by atoms with E-state index in [2.05, 4.69) is 4.90 Å². The predicted octanol–water partition coefficient (Wildman–Crippen LogP) is 3.62. The molecule has 0 radical (unpaired) electrons. The molecule has 2 nitrogen and oxygen atoms in total. The Morgan fingerprint density at radius 2 is 1.79 bits per heavy atom. The molecule has 3 unspecified atom stereocenters. The van der Waals surface area contributed by atoms with Crippen molar-refractivity contribution >= 4 is 17.9 Å². The summed E-state index contributed by atoms with van der Waals surface area (Å²) in [5, 5.41) is 0.402. The number of hydrogen-bond donors (Lipinski definition) is 0. The van der Waals surface area contributed by atoms with Gasteiger partial charge in [-0.2, -0.15) is 0 Å². The number of nitrogens with zero attached hydrogens (tertiary/aromatic N) is 1. The first kappa shape index (κ1) is 13.9. The zero-order chi connectivity index (χ0) is 13.2. The van der Waals surface area contributed by atoms with Crippen LogP contribution in [0.4, 0.5) is 0 Å². The van der Waals surface area contributed by atoms with Gasteiger partial charge in [0.2, 0.25) is 0 Å². The minimum absolute atomic E-state index is 0.210. The first-order valence-electron chi connectivity index (χ1n) is 8.13. The third-order valence-corrected chi connectivity index (χ3v) is 6.10. The van der Waals surface area contributed by atoms with Gasteiger partial charge in [-0.05, 0) is 56.8 Å². The molecule has 1 saturated heterocycles. The number of hydrogen-bond acceptors (Lipinski definition) is 2. The highest BCUT2D eigenvalue weighted by atomic mass is 35.5. The molecule has 2 aliphatic carbocycles. The molecule has 1 heterocycles. The maximum absolute atomic E-state index is 11.4. The topological polar surface area (TPSA) is 20.3 Å². The van der Waals surface area contributed by atoms with E-state index < -0.39 is 0 Å². The number of rotatable bonds is 3. The van der Waals surface area contributed by atoms with Crippen LogP contribution in [0, 0.1) is 11.8 Å². The first-order valence-corrected chi connectivity index (χ1v) is 8.56. The number of aldehydes is 1. The van der Waals surface area contributed by atoms with Crippen molar-refractivity contribution in [2.24, 2.45) is 11.8 Å². The lowest BCUT2D eigenvalue weighted by Gasteiger charge is -2.36.